The van der Waals surface area contributed by atoms with Crippen molar-refractivity contribution >= 4 is 38.9 Å². The Labute approximate surface area is 137 Å². The Morgan fingerprint density at radius 2 is 2.33 bits per heavy atom. The zero-order valence-electron chi connectivity index (χ0n) is 12.1. The highest BCUT2D eigenvalue weighted by Crippen LogP contribution is 2.22. The molecule has 0 spiro atoms. The second-order valence-corrected chi connectivity index (χ2v) is 7.06. The summed E-state index contributed by atoms with van der Waals surface area (Å²) in [4.78, 5) is 18.4. The lowest BCUT2D eigenvalue weighted by atomic mass is 10.2. The summed E-state index contributed by atoms with van der Waals surface area (Å²) in [5.41, 5.74) is 2.58. The number of thiophene rings is 1. The Balaban J connectivity index is 2.11. The highest BCUT2D eigenvalue weighted by molar-refractivity contribution is 9.11. The van der Waals surface area contributed by atoms with Crippen molar-refractivity contribution in [2.24, 2.45) is 0 Å². The van der Waals surface area contributed by atoms with Crippen molar-refractivity contribution in [1.29, 1.82) is 0 Å². The molecule has 0 aliphatic heterocycles. The molecule has 1 N–H and O–H groups in total. The number of carbonyl (C=O) groups excluding carboxylic acids is 1. The van der Waals surface area contributed by atoms with Crippen LogP contribution in [-0.4, -0.2) is 29.4 Å². The van der Waals surface area contributed by atoms with Crippen molar-refractivity contribution in [3.63, 3.8) is 0 Å². The predicted molar refractivity (Wildman–Crippen MR) is 90.8 cm³/mol. The van der Waals surface area contributed by atoms with Crippen LogP contribution in [0.2, 0.25) is 0 Å². The number of rotatable bonds is 6. The molecule has 0 fully saturated rings. The van der Waals surface area contributed by atoms with E-state index < -0.39 is 0 Å². The molecule has 2 heterocycles. The molecule has 2 aromatic heterocycles. The van der Waals surface area contributed by atoms with Gasteiger partial charge in [0.15, 0.2) is 0 Å². The van der Waals surface area contributed by atoms with Crippen LogP contribution in [0.15, 0.2) is 33.7 Å². The number of halogens is 1. The van der Waals surface area contributed by atoms with Crippen LogP contribution in [0.4, 0.5) is 5.69 Å². The van der Waals surface area contributed by atoms with Gasteiger partial charge in [0.05, 0.1) is 21.2 Å². The van der Waals surface area contributed by atoms with Crippen molar-refractivity contribution in [3.05, 3.63) is 44.8 Å². The molecule has 0 radical (unpaired) electrons. The van der Waals surface area contributed by atoms with E-state index in [1.54, 1.807) is 34.7 Å². The van der Waals surface area contributed by atoms with E-state index in [4.69, 9.17) is 0 Å². The van der Waals surface area contributed by atoms with Gasteiger partial charge in [-0.05, 0) is 45.4 Å². The van der Waals surface area contributed by atoms with Crippen LogP contribution >= 0.6 is 27.3 Å². The third-order valence-electron chi connectivity index (χ3n) is 3.01. The molecular weight excluding hydrogens is 350 g/mol. The first kappa shape index (κ1) is 16.0. The number of pyridine rings is 1. The molecule has 4 nitrogen and oxygen atoms in total. The maximum Gasteiger partial charge on any atom is 0.256 e. The highest BCUT2D eigenvalue weighted by Gasteiger charge is 2.16. The Bertz CT molecular complexity index is 614. The molecule has 0 atom stereocenters. The minimum Gasteiger partial charge on any atom is -0.383 e. The molecule has 0 saturated carbocycles. The zero-order chi connectivity index (χ0) is 15.2. The molecule has 0 bridgehead atoms. The minimum absolute atomic E-state index is 0.00155. The Kier molecular flexibility index (Phi) is 5.76. The van der Waals surface area contributed by atoms with Crippen molar-refractivity contribution in [1.82, 2.24) is 9.88 Å². The zero-order valence-corrected chi connectivity index (χ0v) is 14.5. The van der Waals surface area contributed by atoms with Crippen LogP contribution in [0, 0.1) is 0 Å². The van der Waals surface area contributed by atoms with Crippen LogP contribution in [0.5, 0.6) is 0 Å². The summed E-state index contributed by atoms with van der Waals surface area (Å²) in [6, 6.07) is 3.80. The van der Waals surface area contributed by atoms with Gasteiger partial charge in [0.1, 0.15) is 0 Å². The second-order valence-electron chi connectivity index (χ2n) is 4.77. The van der Waals surface area contributed by atoms with Gasteiger partial charge >= 0.3 is 0 Å². The van der Waals surface area contributed by atoms with Crippen molar-refractivity contribution in [2.75, 3.05) is 18.9 Å². The van der Waals surface area contributed by atoms with E-state index in [0.29, 0.717) is 12.1 Å². The summed E-state index contributed by atoms with van der Waals surface area (Å²) in [7, 11) is 1.82. The number of hydrogen-bond acceptors (Lipinski definition) is 4. The van der Waals surface area contributed by atoms with Crippen molar-refractivity contribution in [2.45, 2.75) is 19.9 Å². The van der Waals surface area contributed by atoms with Gasteiger partial charge in [-0.15, -0.1) is 11.3 Å². The van der Waals surface area contributed by atoms with Crippen LogP contribution in [-0.2, 0) is 6.54 Å². The lowest BCUT2D eigenvalue weighted by Gasteiger charge is -2.18. The molecule has 0 unspecified atom stereocenters. The minimum atomic E-state index is -0.00155. The third kappa shape index (κ3) is 4.28. The molecule has 2 rings (SSSR count). The molecule has 0 saturated heterocycles. The van der Waals surface area contributed by atoms with Crippen LogP contribution in [0.1, 0.15) is 29.3 Å². The number of nitrogens with one attached hydrogen (secondary N) is 1. The Hall–Kier alpha value is -1.40. The number of hydrogen-bond donors (Lipinski definition) is 1. The molecule has 21 heavy (non-hydrogen) atoms. The first-order valence-corrected chi connectivity index (χ1v) is 8.45. The summed E-state index contributed by atoms with van der Waals surface area (Å²) in [6.07, 6.45) is 4.36. The van der Waals surface area contributed by atoms with E-state index >= 15 is 0 Å². The first-order valence-electron chi connectivity index (χ1n) is 6.78. The fraction of sp³-hybridized carbons (Fsp3) is 0.333. The van der Waals surface area contributed by atoms with Gasteiger partial charge in [-0.2, -0.15) is 0 Å². The molecule has 6 heteroatoms. The number of aromatic nitrogens is 1. The summed E-state index contributed by atoms with van der Waals surface area (Å²) < 4.78 is 1.08. The van der Waals surface area contributed by atoms with E-state index in [1.807, 2.05) is 13.1 Å². The van der Waals surface area contributed by atoms with Crippen molar-refractivity contribution in [3.8, 4) is 0 Å². The Morgan fingerprint density at radius 3 is 3.00 bits per heavy atom. The van der Waals surface area contributed by atoms with E-state index in [1.165, 1.54) is 0 Å². The number of amides is 1. The number of nitrogens with zero attached hydrogens (tertiary/aromatic N) is 2. The summed E-state index contributed by atoms with van der Waals surface area (Å²) in [5.74, 6) is -0.00155. The maximum absolute atomic E-state index is 12.6. The molecule has 2 aromatic rings. The quantitative estimate of drug-likeness (QED) is 0.838. The van der Waals surface area contributed by atoms with Gasteiger partial charge in [0.25, 0.3) is 5.91 Å². The fourth-order valence-corrected chi connectivity index (χ4v) is 3.16. The van der Waals surface area contributed by atoms with E-state index in [0.717, 1.165) is 28.0 Å². The number of anilines is 1. The van der Waals surface area contributed by atoms with Gasteiger partial charge in [-0.3, -0.25) is 9.78 Å². The van der Waals surface area contributed by atoms with Gasteiger partial charge < -0.3 is 10.2 Å². The second kappa shape index (κ2) is 7.56. The molecule has 1 amide bonds. The van der Waals surface area contributed by atoms with Crippen molar-refractivity contribution < 1.29 is 4.79 Å². The maximum atomic E-state index is 12.6. The average molecular weight is 368 g/mol. The molecule has 0 aromatic carbocycles. The molecule has 112 valence electrons. The standard InChI is InChI=1S/C15H18BrN3OS/c1-3-5-18-13-8-17-6-4-12(13)15(20)19(2)9-11-7-14(16)21-10-11/h4,6-8,10,18H,3,5,9H2,1-2H3. The van der Waals surface area contributed by atoms with Gasteiger partial charge in [0, 0.05) is 26.3 Å². The van der Waals surface area contributed by atoms with Crippen LogP contribution < -0.4 is 5.32 Å². The largest absolute Gasteiger partial charge is 0.383 e. The predicted octanol–water partition coefficient (Wildman–Crippen LogP) is 4.00. The lowest BCUT2D eigenvalue weighted by molar-refractivity contribution is 0.0786. The van der Waals surface area contributed by atoms with Gasteiger partial charge in [-0.1, -0.05) is 6.92 Å². The van der Waals surface area contributed by atoms with Gasteiger partial charge in [0.2, 0.25) is 0 Å². The topological polar surface area (TPSA) is 45.2 Å². The monoisotopic (exact) mass is 367 g/mol. The summed E-state index contributed by atoms with van der Waals surface area (Å²) in [6.45, 7) is 3.51. The van der Waals surface area contributed by atoms with E-state index in [9.17, 15) is 4.79 Å². The normalized spacial score (nSPS) is 10.4. The average Bonchev–Trinajstić information content (AvgIpc) is 2.89. The smallest absolute Gasteiger partial charge is 0.256 e. The van der Waals surface area contributed by atoms with E-state index in [-0.39, 0.29) is 5.91 Å². The third-order valence-corrected chi connectivity index (χ3v) is 4.56. The lowest BCUT2D eigenvalue weighted by Crippen LogP contribution is -2.27. The van der Waals surface area contributed by atoms with Crippen LogP contribution in [0.25, 0.3) is 0 Å². The SMILES string of the molecule is CCCNc1cnccc1C(=O)N(C)Cc1csc(Br)c1. The van der Waals surface area contributed by atoms with Gasteiger partial charge in [-0.25, -0.2) is 0 Å². The van der Waals surface area contributed by atoms with Crippen LogP contribution in [0.3, 0.4) is 0 Å². The summed E-state index contributed by atoms with van der Waals surface area (Å²) >= 11 is 5.07. The number of carbonyl (C=O) groups is 1. The molecule has 0 aliphatic rings. The Morgan fingerprint density at radius 1 is 1.52 bits per heavy atom. The summed E-state index contributed by atoms with van der Waals surface area (Å²) in [5, 5.41) is 5.30. The van der Waals surface area contributed by atoms with E-state index in [2.05, 4.69) is 38.5 Å². The molecular formula is C15H18BrN3OS. The fourth-order valence-electron chi connectivity index (χ4n) is 1.96. The first-order chi connectivity index (χ1) is 10.1. The molecule has 0 aliphatic carbocycles. The highest BCUT2D eigenvalue weighted by atomic mass is 79.9.